The zero-order chi connectivity index (χ0) is 12.3. The molecule has 1 aromatic rings. The average Bonchev–Trinajstić information content (AvgIpc) is 3.12. The van der Waals surface area contributed by atoms with Gasteiger partial charge in [-0.3, -0.25) is 4.79 Å². The summed E-state index contributed by atoms with van der Waals surface area (Å²) in [5.74, 6) is -0.0450. The predicted octanol–water partition coefficient (Wildman–Crippen LogP) is 2.46. The molecule has 0 aliphatic carbocycles. The van der Waals surface area contributed by atoms with Crippen molar-refractivity contribution in [3.8, 4) is 0 Å². The highest BCUT2D eigenvalue weighted by atomic mass is 79.9. The van der Waals surface area contributed by atoms with E-state index in [2.05, 4.69) is 21.2 Å². The lowest BCUT2D eigenvalue weighted by Gasteiger charge is -2.12. The maximum Gasteiger partial charge on any atom is 0.227 e. The number of epoxide rings is 1. The molecule has 1 N–H and O–H groups in total. The number of amides is 1. The van der Waals surface area contributed by atoms with Crippen LogP contribution in [-0.4, -0.2) is 25.2 Å². The van der Waals surface area contributed by atoms with Gasteiger partial charge < -0.3 is 10.1 Å². The SMILES string of the molecule is CC(C(=O)NCCC1CO1)c1cccc(Br)c1. The molecule has 1 amide bonds. The van der Waals surface area contributed by atoms with Crippen LogP contribution < -0.4 is 5.32 Å². The van der Waals surface area contributed by atoms with E-state index >= 15 is 0 Å². The predicted molar refractivity (Wildman–Crippen MR) is 69.9 cm³/mol. The van der Waals surface area contributed by atoms with E-state index in [1.165, 1.54) is 0 Å². The zero-order valence-corrected chi connectivity index (χ0v) is 11.4. The van der Waals surface area contributed by atoms with Crippen LogP contribution >= 0.6 is 15.9 Å². The number of carbonyl (C=O) groups excluding carboxylic acids is 1. The molecule has 1 aliphatic rings. The van der Waals surface area contributed by atoms with E-state index < -0.39 is 0 Å². The first-order valence-electron chi connectivity index (χ1n) is 5.81. The number of hydrogen-bond donors (Lipinski definition) is 1. The normalized spacial score (nSPS) is 19.8. The largest absolute Gasteiger partial charge is 0.373 e. The second-order valence-electron chi connectivity index (χ2n) is 4.31. The summed E-state index contributed by atoms with van der Waals surface area (Å²) in [5, 5.41) is 2.94. The Morgan fingerprint density at radius 2 is 2.41 bits per heavy atom. The molecule has 17 heavy (non-hydrogen) atoms. The summed E-state index contributed by atoms with van der Waals surface area (Å²) < 4.78 is 6.09. The van der Waals surface area contributed by atoms with Gasteiger partial charge in [-0.15, -0.1) is 0 Å². The molecule has 1 heterocycles. The third-order valence-electron chi connectivity index (χ3n) is 2.91. The van der Waals surface area contributed by atoms with Crippen LogP contribution in [0.5, 0.6) is 0 Å². The monoisotopic (exact) mass is 297 g/mol. The van der Waals surface area contributed by atoms with Crippen LogP contribution in [0, 0.1) is 0 Å². The Morgan fingerprint density at radius 3 is 3.06 bits per heavy atom. The maximum absolute atomic E-state index is 11.9. The number of ether oxygens (including phenoxy) is 1. The van der Waals surface area contributed by atoms with Gasteiger partial charge in [-0.05, 0) is 31.0 Å². The van der Waals surface area contributed by atoms with Gasteiger partial charge in [0.25, 0.3) is 0 Å². The van der Waals surface area contributed by atoms with Gasteiger partial charge in [0.1, 0.15) is 0 Å². The Hall–Kier alpha value is -0.870. The fourth-order valence-corrected chi connectivity index (χ4v) is 2.09. The molecule has 3 nitrogen and oxygen atoms in total. The molecular formula is C13H16BrNO2. The molecule has 2 unspecified atom stereocenters. The van der Waals surface area contributed by atoms with Crippen molar-refractivity contribution in [1.29, 1.82) is 0 Å². The van der Waals surface area contributed by atoms with Crippen LogP contribution in [0.1, 0.15) is 24.8 Å². The Labute approximate surface area is 110 Å². The van der Waals surface area contributed by atoms with Crippen LogP contribution in [0.15, 0.2) is 28.7 Å². The van der Waals surface area contributed by atoms with Crippen LogP contribution in [-0.2, 0) is 9.53 Å². The van der Waals surface area contributed by atoms with Crippen LogP contribution in [0.4, 0.5) is 0 Å². The average molecular weight is 298 g/mol. The summed E-state index contributed by atoms with van der Waals surface area (Å²) in [7, 11) is 0. The van der Waals surface area contributed by atoms with E-state index in [1.807, 2.05) is 31.2 Å². The van der Waals surface area contributed by atoms with Crippen molar-refractivity contribution >= 4 is 21.8 Å². The van der Waals surface area contributed by atoms with E-state index in [0.717, 1.165) is 23.1 Å². The molecule has 0 saturated carbocycles. The number of nitrogens with one attached hydrogen (secondary N) is 1. The highest BCUT2D eigenvalue weighted by Crippen LogP contribution is 2.20. The molecular weight excluding hydrogens is 282 g/mol. The Bertz CT molecular complexity index is 404. The van der Waals surface area contributed by atoms with Crippen LogP contribution in [0.3, 0.4) is 0 Å². The first kappa shape index (κ1) is 12.6. The van der Waals surface area contributed by atoms with Gasteiger partial charge in [0.05, 0.1) is 18.6 Å². The van der Waals surface area contributed by atoms with E-state index in [1.54, 1.807) is 0 Å². The van der Waals surface area contributed by atoms with Crippen molar-refractivity contribution in [2.75, 3.05) is 13.2 Å². The second kappa shape index (κ2) is 5.65. The topological polar surface area (TPSA) is 41.6 Å². The van der Waals surface area contributed by atoms with Gasteiger partial charge in [0.15, 0.2) is 0 Å². The van der Waals surface area contributed by atoms with Crippen molar-refractivity contribution in [1.82, 2.24) is 5.32 Å². The van der Waals surface area contributed by atoms with Crippen molar-refractivity contribution in [3.05, 3.63) is 34.3 Å². The van der Waals surface area contributed by atoms with E-state index in [0.29, 0.717) is 12.6 Å². The van der Waals surface area contributed by atoms with Crippen molar-refractivity contribution in [3.63, 3.8) is 0 Å². The first-order chi connectivity index (χ1) is 8.16. The molecule has 92 valence electrons. The zero-order valence-electron chi connectivity index (χ0n) is 9.78. The highest BCUT2D eigenvalue weighted by molar-refractivity contribution is 9.10. The Kier molecular flexibility index (Phi) is 4.18. The molecule has 0 spiro atoms. The fourth-order valence-electron chi connectivity index (χ4n) is 1.67. The van der Waals surface area contributed by atoms with Crippen molar-refractivity contribution in [2.45, 2.75) is 25.4 Å². The first-order valence-corrected chi connectivity index (χ1v) is 6.61. The minimum absolute atomic E-state index is 0.0729. The van der Waals surface area contributed by atoms with Crippen LogP contribution in [0.25, 0.3) is 0 Å². The molecule has 1 aliphatic heterocycles. The Morgan fingerprint density at radius 1 is 1.65 bits per heavy atom. The minimum atomic E-state index is -0.118. The molecule has 1 saturated heterocycles. The maximum atomic E-state index is 11.9. The summed E-state index contributed by atoms with van der Waals surface area (Å²) in [6.07, 6.45) is 1.29. The molecule has 4 heteroatoms. The van der Waals surface area contributed by atoms with Gasteiger partial charge in [-0.2, -0.15) is 0 Å². The quantitative estimate of drug-likeness (QED) is 0.848. The van der Waals surface area contributed by atoms with Gasteiger partial charge in [-0.25, -0.2) is 0 Å². The van der Waals surface area contributed by atoms with Crippen LogP contribution in [0.2, 0.25) is 0 Å². The number of carbonyl (C=O) groups is 1. The standard InChI is InChI=1S/C13H16BrNO2/c1-9(10-3-2-4-11(14)7-10)13(16)15-6-5-12-8-17-12/h2-4,7,9,12H,5-6,8H2,1H3,(H,15,16). The molecule has 2 atom stereocenters. The summed E-state index contributed by atoms with van der Waals surface area (Å²) in [6.45, 7) is 3.46. The van der Waals surface area contributed by atoms with Gasteiger partial charge >= 0.3 is 0 Å². The minimum Gasteiger partial charge on any atom is -0.373 e. The van der Waals surface area contributed by atoms with Crippen molar-refractivity contribution in [2.24, 2.45) is 0 Å². The van der Waals surface area contributed by atoms with E-state index in [9.17, 15) is 4.79 Å². The molecule has 1 aromatic carbocycles. The van der Waals surface area contributed by atoms with E-state index in [4.69, 9.17) is 4.74 Å². The van der Waals surface area contributed by atoms with E-state index in [-0.39, 0.29) is 11.8 Å². The number of halogens is 1. The lowest BCUT2D eigenvalue weighted by Crippen LogP contribution is -2.29. The van der Waals surface area contributed by atoms with Gasteiger partial charge in [0.2, 0.25) is 5.91 Å². The summed E-state index contributed by atoms with van der Waals surface area (Å²) >= 11 is 3.41. The lowest BCUT2D eigenvalue weighted by atomic mass is 10.0. The lowest BCUT2D eigenvalue weighted by molar-refractivity contribution is -0.122. The van der Waals surface area contributed by atoms with Gasteiger partial charge in [0, 0.05) is 11.0 Å². The summed E-state index contributed by atoms with van der Waals surface area (Å²) in [4.78, 5) is 11.9. The van der Waals surface area contributed by atoms with Crippen molar-refractivity contribution < 1.29 is 9.53 Å². The second-order valence-corrected chi connectivity index (χ2v) is 5.23. The van der Waals surface area contributed by atoms with Gasteiger partial charge in [-0.1, -0.05) is 28.1 Å². The number of rotatable bonds is 5. The number of hydrogen-bond acceptors (Lipinski definition) is 2. The molecule has 0 radical (unpaired) electrons. The Balaban J connectivity index is 1.84. The smallest absolute Gasteiger partial charge is 0.227 e. The third-order valence-corrected chi connectivity index (χ3v) is 3.40. The fraction of sp³-hybridized carbons (Fsp3) is 0.462. The molecule has 1 fully saturated rings. The molecule has 0 aromatic heterocycles. The summed E-state index contributed by atoms with van der Waals surface area (Å²) in [5.41, 5.74) is 1.03. The summed E-state index contributed by atoms with van der Waals surface area (Å²) in [6, 6.07) is 7.85. The highest BCUT2D eigenvalue weighted by Gasteiger charge is 2.22. The third kappa shape index (κ3) is 3.82. The molecule has 0 bridgehead atoms. The molecule has 2 rings (SSSR count). The number of benzene rings is 1.